The van der Waals surface area contributed by atoms with Crippen LogP contribution in [0.15, 0.2) is 60.8 Å². The molecule has 0 amide bonds. The molecule has 0 aliphatic rings. The zero-order chi connectivity index (χ0) is 11.9. The Morgan fingerprint density at radius 3 is 2.44 bits per heavy atom. The molecule has 0 radical (unpaired) electrons. The quantitative estimate of drug-likeness (QED) is 0.457. The van der Waals surface area contributed by atoms with Gasteiger partial charge in [-0.25, -0.2) is 4.98 Å². The van der Waals surface area contributed by atoms with Crippen molar-refractivity contribution in [1.29, 1.82) is 0 Å². The Morgan fingerprint density at radius 1 is 0.611 bits per heavy atom. The first-order valence-corrected chi connectivity index (χ1v) is 5.96. The lowest BCUT2D eigenvalue weighted by molar-refractivity contribution is 1.44. The fourth-order valence-electron chi connectivity index (χ4n) is 2.46. The van der Waals surface area contributed by atoms with E-state index in [2.05, 4.69) is 41.4 Å². The van der Waals surface area contributed by atoms with Crippen LogP contribution in [0.2, 0.25) is 0 Å². The van der Waals surface area contributed by atoms with E-state index in [0.29, 0.717) is 0 Å². The first-order chi connectivity index (χ1) is 8.93. The van der Waals surface area contributed by atoms with Crippen LogP contribution in [-0.4, -0.2) is 9.97 Å². The standard InChI is InChI=1S/C16H10N2/c1-2-7-15-11(5-1)12-8-9-14-13(16(12)18-15)6-3-4-10-17-14/h1-10H. The Morgan fingerprint density at radius 2 is 1.44 bits per heavy atom. The third kappa shape index (κ3) is 1.23. The van der Waals surface area contributed by atoms with Gasteiger partial charge in [-0.05, 0) is 24.3 Å². The van der Waals surface area contributed by atoms with Gasteiger partial charge in [0.25, 0.3) is 0 Å². The van der Waals surface area contributed by atoms with Crippen molar-refractivity contribution in [3.63, 3.8) is 0 Å². The van der Waals surface area contributed by atoms with E-state index in [4.69, 9.17) is 4.98 Å². The van der Waals surface area contributed by atoms with Gasteiger partial charge in [0.1, 0.15) is 0 Å². The van der Waals surface area contributed by atoms with E-state index in [9.17, 15) is 0 Å². The maximum Gasteiger partial charge on any atom is 0.0810 e. The van der Waals surface area contributed by atoms with Gasteiger partial charge in [-0.2, -0.15) is 0 Å². The molecule has 0 saturated carbocycles. The molecule has 4 aromatic rings. The molecular formula is C16H10N2. The molecule has 2 aromatic heterocycles. The summed E-state index contributed by atoms with van der Waals surface area (Å²) in [4.78, 5) is 9.16. The molecule has 0 N–H and O–H groups in total. The first-order valence-electron chi connectivity index (χ1n) is 5.96. The van der Waals surface area contributed by atoms with E-state index < -0.39 is 0 Å². The van der Waals surface area contributed by atoms with Crippen LogP contribution in [0, 0.1) is 0 Å². The summed E-state index contributed by atoms with van der Waals surface area (Å²) in [6.07, 6.45) is 1.82. The number of nitrogens with zero attached hydrogens (tertiary/aromatic N) is 2. The Bertz CT molecular complexity index is 881. The van der Waals surface area contributed by atoms with Crippen molar-refractivity contribution in [3.8, 4) is 0 Å². The average molecular weight is 230 g/mol. The molecule has 84 valence electrons. The molecule has 0 unspecified atom stereocenters. The SMILES string of the molecule is c1ccc2c(ccc3c4ccccc4nc23)nc1. The van der Waals surface area contributed by atoms with Crippen LogP contribution in [0.3, 0.4) is 0 Å². The molecular weight excluding hydrogens is 220 g/mol. The monoisotopic (exact) mass is 230 g/mol. The van der Waals surface area contributed by atoms with Gasteiger partial charge in [0.05, 0.1) is 16.6 Å². The Hall–Kier alpha value is -2.48. The number of hydrogen-bond donors (Lipinski definition) is 0. The van der Waals surface area contributed by atoms with E-state index in [1.165, 1.54) is 10.8 Å². The molecule has 0 atom stereocenters. The average Bonchev–Trinajstić information content (AvgIpc) is 2.62. The van der Waals surface area contributed by atoms with Crippen LogP contribution >= 0.6 is 0 Å². The predicted molar refractivity (Wildman–Crippen MR) is 74.6 cm³/mol. The summed E-state index contributed by atoms with van der Waals surface area (Å²) in [6, 6.07) is 18.4. The minimum Gasteiger partial charge on any atom is -0.256 e. The molecule has 0 spiro atoms. The first kappa shape index (κ1) is 9.54. The Balaban J connectivity index is 2.33. The van der Waals surface area contributed by atoms with Gasteiger partial charge >= 0.3 is 0 Å². The molecule has 0 bridgehead atoms. The number of para-hydroxylation sites is 1. The fourth-order valence-corrected chi connectivity index (χ4v) is 2.46. The van der Waals surface area contributed by atoms with Crippen LogP contribution in [0.25, 0.3) is 32.7 Å². The van der Waals surface area contributed by atoms with Gasteiger partial charge in [0.15, 0.2) is 0 Å². The molecule has 0 saturated heterocycles. The van der Waals surface area contributed by atoms with Gasteiger partial charge in [0.2, 0.25) is 0 Å². The van der Waals surface area contributed by atoms with E-state index >= 15 is 0 Å². The number of benzene rings is 2. The summed E-state index contributed by atoms with van der Waals surface area (Å²) in [7, 11) is 0. The summed E-state index contributed by atoms with van der Waals surface area (Å²) < 4.78 is 0. The largest absolute Gasteiger partial charge is 0.256 e. The number of hydrogen-bond acceptors (Lipinski definition) is 2. The number of rotatable bonds is 0. The second kappa shape index (κ2) is 3.50. The molecule has 2 heterocycles. The third-order valence-electron chi connectivity index (χ3n) is 3.29. The second-order valence-electron chi connectivity index (χ2n) is 4.35. The highest BCUT2D eigenvalue weighted by atomic mass is 14.7. The minimum absolute atomic E-state index is 0.982. The van der Waals surface area contributed by atoms with Crippen LogP contribution in [0.5, 0.6) is 0 Å². The lowest BCUT2D eigenvalue weighted by Crippen LogP contribution is -1.74. The van der Waals surface area contributed by atoms with E-state index in [-0.39, 0.29) is 0 Å². The summed E-state index contributed by atoms with van der Waals surface area (Å²) in [5.74, 6) is 0. The maximum atomic E-state index is 4.73. The van der Waals surface area contributed by atoms with E-state index in [1.807, 2.05) is 24.4 Å². The van der Waals surface area contributed by atoms with Crippen LogP contribution < -0.4 is 0 Å². The van der Waals surface area contributed by atoms with Crippen molar-refractivity contribution < 1.29 is 0 Å². The van der Waals surface area contributed by atoms with Crippen molar-refractivity contribution in [1.82, 2.24) is 9.97 Å². The molecule has 2 aromatic carbocycles. The number of fused-ring (bicyclic) bond motifs is 5. The third-order valence-corrected chi connectivity index (χ3v) is 3.29. The second-order valence-corrected chi connectivity index (χ2v) is 4.35. The van der Waals surface area contributed by atoms with Crippen molar-refractivity contribution in [2.45, 2.75) is 0 Å². The van der Waals surface area contributed by atoms with Crippen molar-refractivity contribution in [2.24, 2.45) is 0 Å². The highest BCUT2D eigenvalue weighted by molar-refractivity contribution is 6.16. The van der Waals surface area contributed by atoms with Crippen LogP contribution in [-0.2, 0) is 0 Å². The van der Waals surface area contributed by atoms with Gasteiger partial charge < -0.3 is 0 Å². The van der Waals surface area contributed by atoms with Gasteiger partial charge in [-0.3, -0.25) is 4.98 Å². The normalized spacial score (nSPS) is 11.3. The lowest BCUT2D eigenvalue weighted by Gasteiger charge is -1.94. The van der Waals surface area contributed by atoms with Crippen LogP contribution in [0.4, 0.5) is 0 Å². The summed E-state index contributed by atoms with van der Waals surface area (Å²) in [5, 5.41) is 3.51. The highest BCUT2D eigenvalue weighted by Crippen LogP contribution is 2.29. The maximum absolute atomic E-state index is 4.73. The van der Waals surface area contributed by atoms with Gasteiger partial charge in [-0.15, -0.1) is 0 Å². The number of aromatic nitrogens is 2. The Labute approximate surface area is 104 Å². The summed E-state index contributed by atoms with van der Waals surface area (Å²) in [5.41, 5.74) is 3.07. The van der Waals surface area contributed by atoms with Crippen molar-refractivity contribution in [3.05, 3.63) is 60.8 Å². The minimum atomic E-state index is 0.982. The molecule has 18 heavy (non-hydrogen) atoms. The zero-order valence-electron chi connectivity index (χ0n) is 9.67. The van der Waals surface area contributed by atoms with Crippen molar-refractivity contribution >= 4 is 32.7 Å². The molecule has 4 rings (SSSR count). The van der Waals surface area contributed by atoms with E-state index in [0.717, 1.165) is 21.9 Å². The smallest absolute Gasteiger partial charge is 0.0810 e. The lowest BCUT2D eigenvalue weighted by atomic mass is 10.1. The summed E-state index contributed by atoms with van der Waals surface area (Å²) >= 11 is 0. The van der Waals surface area contributed by atoms with Gasteiger partial charge in [-0.1, -0.05) is 30.3 Å². The summed E-state index contributed by atoms with van der Waals surface area (Å²) in [6.45, 7) is 0. The van der Waals surface area contributed by atoms with Gasteiger partial charge in [0, 0.05) is 22.4 Å². The zero-order valence-corrected chi connectivity index (χ0v) is 9.67. The molecule has 2 nitrogen and oxygen atoms in total. The fraction of sp³-hybridized carbons (Fsp3) is 0. The van der Waals surface area contributed by atoms with E-state index in [1.54, 1.807) is 0 Å². The van der Waals surface area contributed by atoms with Crippen LogP contribution in [0.1, 0.15) is 0 Å². The Kier molecular flexibility index (Phi) is 1.86. The van der Waals surface area contributed by atoms with Crippen molar-refractivity contribution in [2.75, 3.05) is 0 Å². The predicted octanol–water partition coefficient (Wildman–Crippen LogP) is 3.94. The molecule has 2 heteroatoms. The molecule has 0 aliphatic heterocycles. The topological polar surface area (TPSA) is 25.8 Å². The molecule has 0 fully saturated rings. The molecule has 0 aliphatic carbocycles. The highest BCUT2D eigenvalue weighted by Gasteiger charge is 2.07.